The third-order valence-electron chi connectivity index (χ3n) is 5.00. The molecule has 0 radical (unpaired) electrons. The molecular weight excluding hydrogens is 322 g/mol. The number of likely N-dealkylation sites (tertiary alicyclic amines) is 1. The summed E-state index contributed by atoms with van der Waals surface area (Å²) < 4.78 is 1.18. The first-order valence-electron chi connectivity index (χ1n) is 8.65. The van der Waals surface area contributed by atoms with Gasteiger partial charge in [-0.15, -0.1) is 11.3 Å². The van der Waals surface area contributed by atoms with Crippen LogP contribution < -0.4 is 5.32 Å². The number of amides is 2. The summed E-state index contributed by atoms with van der Waals surface area (Å²) in [7, 11) is 0. The molecule has 126 valence electrons. The largest absolute Gasteiger partial charge is 0.355 e. The van der Waals surface area contributed by atoms with Crippen LogP contribution in [-0.2, 0) is 9.59 Å². The summed E-state index contributed by atoms with van der Waals surface area (Å²) in [6.07, 6.45) is 4.27. The molecule has 2 fully saturated rings. The molecule has 2 amide bonds. The van der Waals surface area contributed by atoms with Crippen LogP contribution in [0, 0.1) is 5.92 Å². The maximum absolute atomic E-state index is 13.0. The highest BCUT2D eigenvalue weighted by Gasteiger charge is 2.35. The first kappa shape index (κ1) is 15.6. The van der Waals surface area contributed by atoms with Crippen molar-refractivity contribution < 1.29 is 9.59 Å². The van der Waals surface area contributed by atoms with Crippen LogP contribution >= 0.6 is 11.3 Å². The molecular formula is C18H21N3O2S. The minimum Gasteiger partial charge on any atom is -0.355 e. The number of thiazole rings is 1. The second-order valence-electron chi connectivity index (χ2n) is 6.60. The van der Waals surface area contributed by atoms with Crippen molar-refractivity contribution in [2.75, 3.05) is 13.1 Å². The number of benzene rings is 1. The topological polar surface area (TPSA) is 62.3 Å². The molecule has 0 saturated carbocycles. The summed E-state index contributed by atoms with van der Waals surface area (Å²) in [5, 5.41) is 3.87. The Bertz CT molecular complexity index is 729. The lowest BCUT2D eigenvalue weighted by atomic mass is 9.94. The number of carbonyl (C=O) groups excluding carboxylic acids is 2. The number of aromatic nitrogens is 1. The predicted octanol–water partition coefficient (Wildman–Crippen LogP) is 2.88. The lowest BCUT2D eigenvalue weighted by Crippen LogP contribution is -2.47. The Kier molecular flexibility index (Phi) is 4.22. The van der Waals surface area contributed by atoms with E-state index in [4.69, 9.17) is 4.98 Å². The lowest BCUT2D eigenvalue weighted by molar-refractivity contribution is -0.141. The molecule has 1 N–H and O–H groups in total. The average molecular weight is 343 g/mol. The smallest absolute Gasteiger partial charge is 0.228 e. The van der Waals surface area contributed by atoms with Crippen molar-refractivity contribution >= 4 is 33.4 Å². The van der Waals surface area contributed by atoms with Gasteiger partial charge in [-0.2, -0.15) is 0 Å². The lowest BCUT2D eigenvalue weighted by Gasteiger charge is -2.37. The zero-order chi connectivity index (χ0) is 16.5. The van der Waals surface area contributed by atoms with Crippen LogP contribution in [0.5, 0.6) is 0 Å². The van der Waals surface area contributed by atoms with Gasteiger partial charge in [0.05, 0.1) is 22.2 Å². The first-order valence-corrected chi connectivity index (χ1v) is 9.46. The van der Waals surface area contributed by atoms with Gasteiger partial charge in [0.1, 0.15) is 5.01 Å². The molecule has 0 spiro atoms. The molecule has 1 aromatic carbocycles. The fourth-order valence-electron chi connectivity index (χ4n) is 3.66. The standard InChI is InChI=1S/C18H21N3O2S/c22-16-9-8-12(11-19-16)18(23)21-10-4-3-6-14(21)17-20-13-5-1-2-7-15(13)24-17/h1-2,5,7,12,14H,3-4,6,8-11H2,(H,19,22)/t12-,14-/m1/s1. The van der Waals surface area contributed by atoms with Gasteiger partial charge in [0.25, 0.3) is 0 Å². The molecule has 5 nitrogen and oxygen atoms in total. The monoisotopic (exact) mass is 343 g/mol. The van der Waals surface area contributed by atoms with Crippen molar-refractivity contribution in [2.45, 2.75) is 38.1 Å². The van der Waals surface area contributed by atoms with Gasteiger partial charge in [-0.1, -0.05) is 12.1 Å². The fraction of sp³-hybridized carbons (Fsp3) is 0.500. The quantitative estimate of drug-likeness (QED) is 0.912. The Morgan fingerprint density at radius 2 is 2.12 bits per heavy atom. The first-order chi connectivity index (χ1) is 11.7. The van der Waals surface area contributed by atoms with Gasteiger partial charge in [-0.05, 0) is 37.8 Å². The summed E-state index contributed by atoms with van der Waals surface area (Å²) in [6.45, 7) is 1.27. The van der Waals surface area contributed by atoms with E-state index >= 15 is 0 Å². The zero-order valence-corrected chi connectivity index (χ0v) is 14.3. The number of rotatable bonds is 2. The van der Waals surface area contributed by atoms with Gasteiger partial charge >= 0.3 is 0 Å². The Morgan fingerprint density at radius 3 is 2.92 bits per heavy atom. The molecule has 0 unspecified atom stereocenters. The Labute approximate surface area is 145 Å². The number of carbonyl (C=O) groups is 2. The average Bonchev–Trinajstić information content (AvgIpc) is 3.06. The van der Waals surface area contributed by atoms with E-state index in [1.165, 1.54) is 4.70 Å². The molecule has 4 rings (SSSR count). The Balaban J connectivity index is 1.58. The number of fused-ring (bicyclic) bond motifs is 1. The molecule has 2 aromatic rings. The van der Waals surface area contributed by atoms with Crippen LogP contribution in [0.25, 0.3) is 10.2 Å². The van der Waals surface area contributed by atoms with E-state index in [-0.39, 0.29) is 23.8 Å². The maximum Gasteiger partial charge on any atom is 0.228 e. The van der Waals surface area contributed by atoms with Crippen LogP contribution in [0.4, 0.5) is 0 Å². The minimum atomic E-state index is -0.0855. The highest BCUT2D eigenvalue weighted by molar-refractivity contribution is 7.18. The number of piperidine rings is 2. The van der Waals surface area contributed by atoms with E-state index < -0.39 is 0 Å². The van der Waals surface area contributed by atoms with Gasteiger partial charge in [-0.25, -0.2) is 4.98 Å². The Hall–Kier alpha value is -1.95. The number of hydrogen-bond acceptors (Lipinski definition) is 4. The molecule has 1 aromatic heterocycles. The van der Waals surface area contributed by atoms with E-state index in [0.29, 0.717) is 19.4 Å². The number of hydrogen-bond donors (Lipinski definition) is 1. The van der Waals surface area contributed by atoms with E-state index in [1.807, 2.05) is 23.1 Å². The molecule has 0 aliphatic carbocycles. The summed E-state index contributed by atoms with van der Waals surface area (Å²) in [6, 6.07) is 8.23. The van der Waals surface area contributed by atoms with Crippen LogP contribution in [0.3, 0.4) is 0 Å². The SMILES string of the molecule is O=C1CC[C@@H](C(=O)N2CCCC[C@@H]2c2nc3ccccc3s2)CN1. The molecule has 2 aliphatic rings. The van der Waals surface area contributed by atoms with Crippen molar-refractivity contribution in [1.82, 2.24) is 15.2 Å². The molecule has 24 heavy (non-hydrogen) atoms. The van der Waals surface area contributed by atoms with Crippen LogP contribution in [0.2, 0.25) is 0 Å². The molecule has 0 bridgehead atoms. The van der Waals surface area contributed by atoms with Crippen molar-refractivity contribution in [1.29, 1.82) is 0 Å². The van der Waals surface area contributed by atoms with E-state index in [0.717, 1.165) is 36.3 Å². The maximum atomic E-state index is 13.0. The van der Waals surface area contributed by atoms with Crippen LogP contribution in [0.15, 0.2) is 24.3 Å². The van der Waals surface area contributed by atoms with Crippen LogP contribution in [-0.4, -0.2) is 34.8 Å². The van der Waals surface area contributed by atoms with Gasteiger partial charge in [-0.3, -0.25) is 9.59 Å². The van der Waals surface area contributed by atoms with E-state index in [9.17, 15) is 9.59 Å². The number of nitrogens with one attached hydrogen (secondary N) is 1. The second kappa shape index (κ2) is 6.51. The van der Waals surface area contributed by atoms with Gasteiger partial charge in [0, 0.05) is 19.5 Å². The number of para-hydroxylation sites is 1. The summed E-state index contributed by atoms with van der Waals surface area (Å²) >= 11 is 1.70. The zero-order valence-electron chi connectivity index (χ0n) is 13.5. The second-order valence-corrected chi connectivity index (χ2v) is 7.66. The normalized spacial score (nSPS) is 24.8. The third kappa shape index (κ3) is 2.90. The predicted molar refractivity (Wildman–Crippen MR) is 93.7 cm³/mol. The minimum absolute atomic E-state index is 0.0559. The highest BCUT2D eigenvalue weighted by atomic mass is 32.1. The summed E-state index contributed by atoms with van der Waals surface area (Å²) in [5.74, 6) is 0.150. The van der Waals surface area contributed by atoms with Crippen molar-refractivity contribution in [3.05, 3.63) is 29.3 Å². The van der Waals surface area contributed by atoms with Gasteiger partial charge < -0.3 is 10.2 Å². The van der Waals surface area contributed by atoms with Crippen LogP contribution in [0.1, 0.15) is 43.2 Å². The number of nitrogens with zero attached hydrogens (tertiary/aromatic N) is 2. The molecule has 2 atom stereocenters. The van der Waals surface area contributed by atoms with Crippen molar-refractivity contribution in [3.63, 3.8) is 0 Å². The van der Waals surface area contributed by atoms with Crippen molar-refractivity contribution in [2.24, 2.45) is 5.92 Å². The molecule has 3 heterocycles. The third-order valence-corrected chi connectivity index (χ3v) is 6.13. The fourth-order valence-corrected chi connectivity index (χ4v) is 4.78. The van der Waals surface area contributed by atoms with E-state index in [1.54, 1.807) is 11.3 Å². The molecule has 2 aliphatic heterocycles. The van der Waals surface area contributed by atoms with Gasteiger partial charge in [0.15, 0.2) is 0 Å². The summed E-state index contributed by atoms with van der Waals surface area (Å²) in [4.78, 5) is 31.2. The van der Waals surface area contributed by atoms with E-state index in [2.05, 4.69) is 11.4 Å². The van der Waals surface area contributed by atoms with Crippen molar-refractivity contribution in [3.8, 4) is 0 Å². The summed E-state index contributed by atoms with van der Waals surface area (Å²) in [5.41, 5.74) is 1.01. The molecule has 2 saturated heterocycles. The van der Waals surface area contributed by atoms with Gasteiger partial charge in [0.2, 0.25) is 11.8 Å². The Morgan fingerprint density at radius 1 is 1.25 bits per heavy atom. The highest BCUT2D eigenvalue weighted by Crippen LogP contribution is 2.36. The molecule has 6 heteroatoms.